The highest BCUT2D eigenvalue weighted by atomic mass is 35.5. The molecule has 0 heterocycles. The molecule has 18 heavy (non-hydrogen) atoms. The second kappa shape index (κ2) is 5.67. The third kappa shape index (κ3) is 4.27. The lowest BCUT2D eigenvalue weighted by atomic mass is 10.2. The number of carbonyl (C=O) groups is 1. The third-order valence-corrected chi connectivity index (χ3v) is 2.63. The van der Waals surface area contributed by atoms with Crippen molar-refractivity contribution < 1.29 is 27.8 Å². The van der Waals surface area contributed by atoms with Crippen LogP contribution in [0.15, 0.2) is 18.2 Å². The Kier molecular flexibility index (Phi) is 4.70. The Morgan fingerprint density at radius 3 is 2.39 bits per heavy atom. The monoisotopic (exact) mass is 302 g/mol. The van der Waals surface area contributed by atoms with Crippen molar-refractivity contribution in [3.63, 3.8) is 0 Å². The standard InChI is InChI=1S/C10H7Cl2F3O3/c11-6-2-1-5(3-7(6)12)18-8(4-9(16)17)10(13,14)15/h1-3,8H,4H2,(H,16,17). The Balaban J connectivity index is 2.89. The molecule has 0 radical (unpaired) electrons. The van der Waals surface area contributed by atoms with Gasteiger partial charge in [0, 0.05) is 6.07 Å². The lowest BCUT2D eigenvalue weighted by Crippen LogP contribution is -2.36. The topological polar surface area (TPSA) is 46.5 Å². The maximum atomic E-state index is 12.5. The van der Waals surface area contributed by atoms with Crippen molar-refractivity contribution in [3.8, 4) is 5.75 Å². The molecule has 1 unspecified atom stereocenters. The van der Waals surface area contributed by atoms with Crippen molar-refractivity contribution >= 4 is 29.2 Å². The number of aliphatic carboxylic acids is 1. The van der Waals surface area contributed by atoms with Gasteiger partial charge in [-0.25, -0.2) is 0 Å². The van der Waals surface area contributed by atoms with E-state index >= 15 is 0 Å². The van der Waals surface area contributed by atoms with E-state index in [4.69, 9.17) is 28.3 Å². The van der Waals surface area contributed by atoms with Crippen molar-refractivity contribution in [2.24, 2.45) is 0 Å². The maximum Gasteiger partial charge on any atom is 0.425 e. The predicted molar refractivity (Wildman–Crippen MR) is 59.2 cm³/mol. The maximum absolute atomic E-state index is 12.5. The Hall–Kier alpha value is -1.14. The molecule has 0 aromatic heterocycles. The zero-order valence-electron chi connectivity index (χ0n) is 8.67. The van der Waals surface area contributed by atoms with Crippen LogP contribution in [-0.2, 0) is 4.79 Å². The first-order valence-electron chi connectivity index (χ1n) is 4.60. The zero-order valence-corrected chi connectivity index (χ0v) is 10.2. The van der Waals surface area contributed by atoms with Crippen molar-refractivity contribution in [1.82, 2.24) is 0 Å². The molecule has 0 amide bonds. The van der Waals surface area contributed by atoms with Crippen LogP contribution in [0.4, 0.5) is 13.2 Å². The Morgan fingerprint density at radius 1 is 1.33 bits per heavy atom. The number of rotatable bonds is 4. The molecule has 0 aliphatic carbocycles. The molecule has 100 valence electrons. The number of hydrogen-bond acceptors (Lipinski definition) is 2. The molecular weight excluding hydrogens is 296 g/mol. The molecule has 1 aromatic carbocycles. The van der Waals surface area contributed by atoms with Gasteiger partial charge in [0.15, 0.2) is 0 Å². The second-order valence-corrected chi connectivity index (χ2v) is 4.14. The third-order valence-electron chi connectivity index (χ3n) is 1.89. The fourth-order valence-electron chi connectivity index (χ4n) is 1.10. The van der Waals surface area contributed by atoms with E-state index in [2.05, 4.69) is 4.74 Å². The van der Waals surface area contributed by atoms with Gasteiger partial charge in [0.2, 0.25) is 6.10 Å². The van der Waals surface area contributed by atoms with Crippen LogP contribution in [0.25, 0.3) is 0 Å². The van der Waals surface area contributed by atoms with E-state index in [0.29, 0.717) is 0 Å². The number of alkyl halides is 3. The summed E-state index contributed by atoms with van der Waals surface area (Å²) in [6.45, 7) is 0. The molecule has 0 saturated heterocycles. The Bertz CT molecular complexity index is 448. The van der Waals surface area contributed by atoms with E-state index < -0.39 is 24.7 Å². The predicted octanol–water partition coefficient (Wildman–Crippen LogP) is 3.78. The average molecular weight is 303 g/mol. The molecule has 1 rings (SSSR count). The number of carboxylic acid groups (broad SMARTS) is 1. The minimum absolute atomic E-state index is 0.0189. The first kappa shape index (κ1) is 14.9. The van der Waals surface area contributed by atoms with Crippen molar-refractivity contribution in [2.75, 3.05) is 0 Å². The van der Waals surface area contributed by atoms with Gasteiger partial charge >= 0.3 is 12.1 Å². The van der Waals surface area contributed by atoms with Gasteiger partial charge < -0.3 is 9.84 Å². The fourth-order valence-corrected chi connectivity index (χ4v) is 1.39. The molecule has 0 saturated carbocycles. The van der Waals surface area contributed by atoms with Gasteiger partial charge in [-0.05, 0) is 12.1 Å². The van der Waals surface area contributed by atoms with Gasteiger partial charge in [-0.1, -0.05) is 23.2 Å². The molecule has 1 atom stereocenters. The molecule has 1 N–H and O–H groups in total. The van der Waals surface area contributed by atoms with E-state index in [9.17, 15) is 18.0 Å². The van der Waals surface area contributed by atoms with Crippen molar-refractivity contribution in [1.29, 1.82) is 0 Å². The molecule has 8 heteroatoms. The van der Waals surface area contributed by atoms with Crippen molar-refractivity contribution in [2.45, 2.75) is 18.7 Å². The van der Waals surface area contributed by atoms with E-state index in [-0.39, 0.29) is 15.8 Å². The minimum atomic E-state index is -4.79. The molecular formula is C10H7Cl2F3O3. The van der Waals surface area contributed by atoms with Crippen LogP contribution in [0.2, 0.25) is 10.0 Å². The second-order valence-electron chi connectivity index (χ2n) is 3.32. The van der Waals surface area contributed by atoms with E-state index in [1.54, 1.807) is 0 Å². The van der Waals surface area contributed by atoms with Crippen LogP contribution in [0.5, 0.6) is 5.75 Å². The number of halogens is 5. The van der Waals surface area contributed by atoms with Crippen LogP contribution >= 0.6 is 23.2 Å². The number of carboxylic acids is 1. The summed E-state index contributed by atoms with van der Waals surface area (Å²) < 4.78 is 42.1. The van der Waals surface area contributed by atoms with Gasteiger partial charge in [-0.2, -0.15) is 13.2 Å². The SMILES string of the molecule is O=C(O)CC(Oc1ccc(Cl)c(Cl)c1)C(F)(F)F. The summed E-state index contributed by atoms with van der Waals surface area (Å²) in [4.78, 5) is 10.3. The van der Waals surface area contributed by atoms with Crippen LogP contribution in [0.1, 0.15) is 6.42 Å². The largest absolute Gasteiger partial charge is 0.481 e. The summed E-state index contributed by atoms with van der Waals surface area (Å²) in [5, 5.41) is 8.57. The minimum Gasteiger partial charge on any atom is -0.481 e. The molecule has 0 aliphatic heterocycles. The normalized spacial score (nSPS) is 13.2. The molecule has 0 bridgehead atoms. The molecule has 1 aromatic rings. The van der Waals surface area contributed by atoms with Gasteiger partial charge in [0.25, 0.3) is 0 Å². The van der Waals surface area contributed by atoms with Gasteiger partial charge in [0.05, 0.1) is 16.5 Å². The van der Waals surface area contributed by atoms with Gasteiger partial charge in [0.1, 0.15) is 5.75 Å². The summed E-state index contributed by atoms with van der Waals surface area (Å²) in [7, 11) is 0. The summed E-state index contributed by atoms with van der Waals surface area (Å²) >= 11 is 11.2. The highest BCUT2D eigenvalue weighted by molar-refractivity contribution is 6.42. The quantitative estimate of drug-likeness (QED) is 0.921. The van der Waals surface area contributed by atoms with Crippen molar-refractivity contribution in [3.05, 3.63) is 28.2 Å². The van der Waals surface area contributed by atoms with Gasteiger partial charge in [-0.15, -0.1) is 0 Å². The first-order valence-corrected chi connectivity index (χ1v) is 5.36. The molecule has 0 spiro atoms. The highest BCUT2D eigenvalue weighted by Crippen LogP contribution is 2.31. The highest BCUT2D eigenvalue weighted by Gasteiger charge is 2.43. The lowest BCUT2D eigenvalue weighted by Gasteiger charge is -2.20. The van der Waals surface area contributed by atoms with Crippen LogP contribution in [0.3, 0.4) is 0 Å². The van der Waals surface area contributed by atoms with Crippen LogP contribution in [0, 0.1) is 0 Å². The fraction of sp³-hybridized carbons (Fsp3) is 0.300. The summed E-state index contributed by atoms with van der Waals surface area (Å²) in [5.74, 6) is -1.81. The Morgan fingerprint density at radius 2 is 1.94 bits per heavy atom. The molecule has 3 nitrogen and oxygen atoms in total. The smallest absolute Gasteiger partial charge is 0.425 e. The lowest BCUT2D eigenvalue weighted by molar-refractivity contribution is -0.200. The number of ether oxygens (including phenoxy) is 1. The Labute approximate surface area is 110 Å². The van der Waals surface area contributed by atoms with E-state index in [1.165, 1.54) is 12.1 Å². The number of benzene rings is 1. The zero-order chi connectivity index (χ0) is 13.9. The molecule has 0 aliphatic rings. The van der Waals surface area contributed by atoms with Gasteiger partial charge in [-0.3, -0.25) is 4.79 Å². The number of hydrogen-bond donors (Lipinski definition) is 1. The summed E-state index contributed by atoms with van der Waals surface area (Å²) in [6.07, 6.45) is -8.42. The van der Waals surface area contributed by atoms with Crippen LogP contribution < -0.4 is 4.74 Å². The van der Waals surface area contributed by atoms with Crippen LogP contribution in [-0.4, -0.2) is 23.4 Å². The molecule has 0 fully saturated rings. The first-order chi connectivity index (χ1) is 8.20. The van der Waals surface area contributed by atoms with E-state index in [1.807, 2.05) is 0 Å². The average Bonchev–Trinajstić information content (AvgIpc) is 2.20. The van der Waals surface area contributed by atoms with E-state index in [0.717, 1.165) is 6.07 Å². The summed E-state index contributed by atoms with van der Waals surface area (Å²) in [6, 6.07) is 3.52. The summed E-state index contributed by atoms with van der Waals surface area (Å²) in [5.41, 5.74) is 0.